The quantitative estimate of drug-likeness (QED) is 0.443. The van der Waals surface area contributed by atoms with Crippen LogP contribution in [-0.2, 0) is 6.54 Å². The van der Waals surface area contributed by atoms with Gasteiger partial charge in [0, 0.05) is 12.5 Å². The van der Waals surface area contributed by atoms with E-state index in [2.05, 4.69) is 25.2 Å². The summed E-state index contributed by atoms with van der Waals surface area (Å²) in [6, 6.07) is 7.71. The van der Waals surface area contributed by atoms with Gasteiger partial charge in [-0.25, -0.2) is 18.7 Å². The Kier molecular flexibility index (Phi) is 5.18. The fourth-order valence-electron chi connectivity index (χ4n) is 2.97. The van der Waals surface area contributed by atoms with Crippen molar-refractivity contribution in [1.82, 2.24) is 29.9 Å². The van der Waals surface area contributed by atoms with Gasteiger partial charge < -0.3 is 4.52 Å². The van der Waals surface area contributed by atoms with Crippen molar-refractivity contribution in [1.29, 1.82) is 0 Å². The molecule has 2 aliphatic rings. The molecule has 0 spiro atoms. The molecule has 30 heavy (non-hydrogen) atoms. The Bertz CT molecular complexity index is 1220. The van der Waals surface area contributed by atoms with Crippen molar-refractivity contribution in [2.24, 2.45) is 0 Å². The normalized spacial score (nSPS) is 13.0. The first-order valence-corrected chi connectivity index (χ1v) is 9.23. The topological polar surface area (TPSA) is 82.5 Å². The molecule has 0 atom stereocenters. The fraction of sp³-hybridized carbons (Fsp3) is 0.190. The monoisotopic (exact) mass is 408 g/mol. The van der Waals surface area contributed by atoms with Crippen molar-refractivity contribution in [2.75, 3.05) is 0 Å². The first kappa shape index (κ1) is 19.6. The number of halogens is 2. The average Bonchev–Trinajstić information content (AvgIpc) is 3.35. The summed E-state index contributed by atoms with van der Waals surface area (Å²) in [5.74, 6) is -0.706. The molecule has 0 radical (unpaired) electrons. The average molecular weight is 408 g/mol. The highest BCUT2D eigenvalue weighted by Crippen LogP contribution is 2.28. The third-order valence-corrected chi connectivity index (χ3v) is 4.47. The molecule has 1 aromatic heterocycles. The van der Waals surface area contributed by atoms with Gasteiger partial charge in [-0.05, 0) is 19.4 Å². The Hall–Kier alpha value is -3.75. The number of allylic oxidation sites excluding steroid dienone is 4. The van der Waals surface area contributed by atoms with E-state index in [1.54, 1.807) is 30.9 Å². The lowest BCUT2D eigenvalue weighted by atomic mass is 10.1. The number of rotatable bonds is 5. The second kappa shape index (κ2) is 7.94. The van der Waals surface area contributed by atoms with E-state index in [1.165, 1.54) is 6.08 Å². The Morgan fingerprint density at radius 3 is 2.47 bits per heavy atom. The predicted octanol–water partition coefficient (Wildman–Crippen LogP) is 4.76. The molecule has 9 heteroatoms. The highest BCUT2D eigenvalue weighted by molar-refractivity contribution is 5.75. The third-order valence-electron chi connectivity index (χ3n) is 4.47. The van der Waals surface area contributed by atoms with Gasteiger partial charge in [0.1, 0.15) is 17.2 Å². The van der Waals surface area contributed by atoms with Gasteiger partial charge in [-0.2, -0.15) is 10.1 Å². The number of fused-ring (bicyclic) bond motifs is 1. The van der Waals surface area contributed by atoms with Crippen molar-refractivity contribution < 1.29 is 13.3 Å². The van der Waals surface area contributed by atoms with Crippen LogP contribution in [0.25, 0.3) is 28.3 Å². The minimum absolute atomic E-state index is 0.0186. The summed E-state index contributed by atoms with van der Waals surface area (Å²) < 4.78 is 34.1. The van der Waals surface area contributed by atoms with Crippen LogP contribution in [0.1, 0.15) is 31.1 Å². The van der Waals surface area contributed by atoms with Crippen LogP contribution < -0.4 is 0 Å². The first-order chi connectivity index (χ1) is 14.4. The first-order valence-electron chi connectivity index (χ1n) is 9.23. The summed E-state index contributed by atoms with van der Waals surface area (Å²) in [5, 5.41) is 8.24. The number of imidazole rings is 1. The molecule has 3 heterocycles. The molecule has 2 aliphatic heterocycles. The van der Waals surface area contributed by atoms with E-state index in [0.717, 1.165) is 18.1 Å². The van der Waals surface area contributed by atoms with Gasteiger partial charge in [-0.15, -0.1) is 0 Å². The van der Waals surface area contributed by atoms with E-state index in [1.807, 2.05) is 24.3 Å². The maximum Gasteiger partial charge on any atom is 0.223 e. The van der Waals surface area contributed by atoms with Gasteiger partial charge in [0.05, 0.1) is 24.5 Å². The van der Waals surface area contributed by atoms with Gasteiger partial charge >= 0.3 is 0 Å². The molecule has 0 aliphatic carbocycles. The van der Waals surface area contributed by atoms with Crippen LogP contribution in [0.2, 0.25) is 0 Å². The summed E-state index contributed by atoms with van der Waals surface area (Å²) >= 11 is 0. The minimum atomic E-state index is -0.967. The third kappa shape index (κ3) is 3.86. The van der Waals surface area contributed by atoms with Crippen molar-refractivity contribution >= 4 is 5.57 Å². The van der Waals surface area contributed by atoms with E-state index >= 15 is 0 Å². The zero-order chi connectivity index (χ0) is 21.3. The van der Waals surface area contributed by atoms with E-state index in [9.17, 15) is 8.78 Å². The Balaban J connectivity index is 1.57. The molecule has 2 aromatic rings. The Labute approximate surface area is 171 Å². The van der Waals surface area contributed by atoms with Gasteiger partial charge in [-0.3, -0.25) is 4.68 Å². The summed E-state index contributed by atoms with van der Waals surface area (Å²) in [6.45, 7) is 4.90. The molecule has 0 bridgehead atoms. The molecule has 7 nitrogen and oxygen atoms in total. The second-order valence-corrected chi connectivity index (χ2v) is 6.67. The van der Waals surface area contributed by atoms with Crippen molar-refractivity contribution in [2.45, 2.75) is 27.3 Å². The van der Waals surface area contributed by atoms with Gasteiger partial charge in [0.15, 0.2) is 11.7 Å². The van der Waals surface area contributed by atoms with Crippen LogP contribution in [0.3, 0.4) is 0 Å². The molecule has 0 amide bonds. The highest BCUT2D eigenvalue weighted by atomic mass is 19.2. The van der Waals surface area contributed by atoms with E-state index in [-0.39, 0.29) is 11.4 Å². The smallest absolute Gasteiger partial charge is 0.223 e. The Morgan fingerprint density at radius 2 is 1.83 bits per heavy atom. The molecule has 0 fully saturated rings. The Morgan fingerprint density at radius 1 is 1.10 bits per heavy atom. The molecule has 0 unspecified atom stereocenters. The van der Waals surface area contributed by atoms with Crippen molar-refractivity contribution in [3.8, 4) is 22.8 Å². The molecule has 1 aromatic carbocycles. The number of hydrogen-bond acceptors (Lipinski definition) is 6. The lowest BCUT2D eigenvalue weighted by molar-refractivity contribution is 0.394. The van der Waals surface area contributed by atoms with Crippen LogP contribution in [-0.4, -0.2) is 29.9 Å². The lowest BCUT2D eigenvalue weighted by Gasteiger charge is -2.07. The minimum Gasteiger partial charge on any atom is -0.339 e. The van der Waals surface area contributed by atoms with Crippen LogP contribution in [0.5, 0.6) is 0 Å². The van der Waals surface area contributed by atoms with Crippen molar-refractivity contribution in [3.63, 3.8) is 0 Å². The van der Waals surface area contributed by atoms with Crippen LogP contribution in [0, 0.1) is 6.92 Å². The van der Waals surface area contributed by atoms with E-state index in [0.29, 0.717) is 29.6 Å². The van der Waals surface area contributed by atoms with Crippen LogP contribution in [0.4, 0.5) is 8.78 Å². The molecular formula is C21H18F2N6O. The standard InChI is InChI=1S/C21H18F2N6O/c1-4-16(19(23)12(2)22)21-26-17-9-24-29(11-18(17)27-21)10-14-5-7-15(8-6-14)20-25-13(3)30-28-20/h4-9,11H,10H2,1-3H3. The SMILES string of the molecule is CC=C(C(F)=C(C)F)c1nc2cnn(Cc3ccc(-c4noc(C)n4)cc3)cc-2n1. The van der Waals surface area contributed by atoms with Gasteiger partial charge in [-0.1, -0.05) is 35.5 Å². The van der Waals surface area contributed by atoms with E-state index in [4.69, 9.17) is 4.52 Å². The largest absolute Gasteiger partial charge is 0.339 e. The lowest BCUT2D eigenvalue weighted by Crippen LogP contribution is -2.05. The van der Waals surface area contributed by atoms with Crippen LogP contribution in [0.15, 0.2) is 58.9 Å². The molecule has 4 rings (SSSR count). The maximum atomic E-state index is 14.0. The number of benzene rings is 1. The van der Waals surface area contributed by atoms with Gasteiger partial charge in [0.2, 0.25) is 11.7 Å². The summed E-state index contributed by atoms with van der Waals surface area (Å²) in [6.07, 6.45) is 4.72. The molecule has 0 N–H and O–H groups in total. The second-order valence-electron chi connectivity index (χ2n) is 6.67. The predicted molar refractivity (Wildman–Crippen MR) is 107 cm³/mol. The highest BCUT2D eigenvalue weighted by Gasteiger charge is 2.19. The summed E-state index contributed by atoms with van der Waals surface area (Å²) in [5.41, 5.74) is 2.93. The maximum absolute atomic E-state index is 14.0. The zero-order valence-corrected chi connectivity index (χ0v) is 16.6. The van der Waals surface area contributed by atoms with Gasteiger partial charge in [0.25, 0.3) is 0 Å². The van der Waals surface area contributed by atoms with Crippen LogP contribution >= 0.6 is 0 Å². The van der Waals surface area contributed by atoms with E-state index < -0.39 is 11.7 Å². The summed E-state index contributed by atoms with van der Waals surface area (Å²) in [4.78, 5) is 12.8. The zero-order valence-electron chi connectivity index (χ0n) is 16.6. The molecular weight excluding hydrogens is 390 g/mol. The number of aromatic nitrogens is 6. The summed E-state index contributed by atoms with van der Waals surface area (Å²) in [7, 11) is 0. The molecule has 0 saturated heterocycles. The number of nitrogens with zero attached hydrogens (tertiary/aromatic N) is 6. The fourth-order valence-corrected chi connectivity index (χ4v) is 2.97. The molecule has 0 saturated carbocycles. The number of hydrogen-bond donors (Lipinski definition) is 0. The van der Waals surface area contributed by atoms with Crippen molar-refractivity contribution in [3.05, 3.63) is 71.7 Å². The molecule has 152 valence electrons. The number of aryl methyl sites for hydroxylation is 1.